The summed E-state index contributed by atoms with van der Waals surface area (Å²) in [5.74, 6) is -1.16. The average molecular weight is 210 g/mol. The molecular formula is C11H12F2N2. The minimum atomic E-state index is -0.602. The van der Waals surface area contributed by atoms with Gasteiger partial charge in [-0.15, -0.1) is 0 Å². The molecule has 0 heterocycles. The number of rotatable bonds is 4. The maximum atomic E-state index is 13.4. The summed E-state index contributed by atoms with van der Waals surface area (Å²) < 4.78 is 26.6. The molecule has 2 nitrogen and oxygen atoms in total. The van der Waals surface area contributed by atoms with Gasteiger partial charge in [-0.25, -0.2) is 8.78 Å². The van der Waals surface area contributed by atoms with Crippen molar-refractivity contribution in [1.29, 1.82) is 5.26 Å². The lowest BCUT2D eigenvalue weighted by molar-refractivity contribution is 0.582. The Labute approximate surface area is 87.5 Å². The molecule has 0 spiro atoms. The standard InChI is InChI=1S/C11H12F2N2/c1-8-4-5-9(12)11(10(8)13)15-7-3-2-6-14/h4-5,15H,2-3,7H2,1H3. The molecule has 1 aromatic carbocycles. The zero-order valence-corrected chi connectivity index (χ0v) is 8.48. The van der Waals surface area contributed by atoms with E-state index in [-0.39, 0.29) is 5.69 Å². The van der Waals surface area contributed by atoms with E-state index >= 15 is 0 Å². The lowest BCUT2D eigenvalue weighted by Crippen LogP contribution is -2.06. The fraction of sp³-hybridized carbons (Fsp3) is 0.364. The number of halogens is 2. The average Bonchev–Trinajstić information content (AvgIpc) is 2.23. The van der Waals surface area contributed by atoms with Crippen LogP contribution < -0.4 is 5.32 Å². The molecule has 0 saturated heterocycles. The Balaban J connectivity index is 2.68. The van der Waals surface area contributed by atoms with Crippen molar-refractivity contribution < 1.29 is 8.78 Å². The summed E-state index contributed by atoms with van der Waals surface area (Å²) in [6.07, 6.45) is 0.950. The van der Waals surface area contributed by atoms with Crippen LogP contribution in [0.2, 0.25) is 0 Å². The van der Waals surface area contributed by atoms with E-state index in [0.29, 0.717) is 24.9 Å². The molecular weight excluding hydrogens is 198 g/mol. The van der Waals surface area contributed by atoms with Crippen LogP contribution >= 0.6 is 0 Å². The van der Waals surface area contributed by atoms with Crippen molar-refractivity contribution in [2.75, 3.05) is 11.9 Å². The molecule has 0 aliphatic carbocycles. The molecule has 1 rings (SSSR count). The van der Waals surface area contributed by atoms with E-state index in [1.165, 1.54) is 12.1 Å². The van der Waals surface area contributed by atoms with E-state index in [4.69, 9.17) is 5.26 Å². The van der Waals surface area contributed by atoms with E-state index in [2.05, 4.69) is 5.32 Å². The van der Waals surface area contributed by atoms with Gasteiger partial charge < -0.3 is 5.32 Å². The van der Waals surface area contributed by atoms with Crippen LogP contribution in [0.4, 0.5) is 14.5 Å². The molecule has 0 atom stereocenters. The molecule has 0 bridgehead atoms. The number of hydrogen-bond acceptors (Lipinski definition) is 2. The highest BCUT2D eigenvalue weighted by Crippen LogP contribution is 2.21. The Morgan fingerprint density at radius 1 is 1.40 bits per heavy atom. The van der Waals surface area contributed by atoms with Gasteiger partial charge in [0.15, 0.2) is 5.82 Å². The number of nitrogens with one attached hydrogen (secondary N) is 1. The van der Waals surface area contributed by atoms with Gasteiger partial charge in [-0.1, -0.05) is 6.07 Å². The molecule has 0 unspecified atom stereocenters. The minimum Gasteiger partial charge on any atom is -0.380 e. The van der Waals surface area contributed by atoms with Gasteiger partial charge in [-0.05, 0) is 25.0 Å². The van der Waals surface area contributed by atoms with Gasteiger partial charge in [0, 0.05) is 13.0 Å². The maximum Gasteiger partial charge on any atom is 0.152 e. The third kappa shape index (κ3) is 2.91. The quantitative estimate of drug-likeness (QED) is 0.775. The molecule has 1 aromatic rings. The first kappa shape index (κ1) is 11.4. The van der Waals surface area contributed by atoms with Crippen molar-refractivity contribution in [2.45, 2.75) is 19.8 Å². The van der Waals surface area contributed by atoms with Gasteiger partial charge in [0.25, 0.3) is 0 Å². The zero-order valence-electron chi connectivity index (χ0n) is 8.48. The maximum absolute atomic E-state index is 13.4. The van der Waals surface area contributed by atoms with Crippen LogP contribution in [0.3, 0.4) is 0 Å². The van der Waals surface area contributed by atoms with Gasteiger partial charge >= 0.3 is 0 Å². The number of anilines is 1. The number of aryl methyl sites for hydroxylation is 1. The van der Waals surface area contributed by atoms with Gasteiger partial charge in [0.05, 0.1) is 6.07 Å². The topological polar surface area (TPSA) is 35.8 Å². The fourth-order valence-electron chi connectivity index (χ4n) is 1.20. The van der Waals surface area contributed by atoms with Crippen molar-refractivity contribution in [2.24, 2.45) is 0 Å². The molecule has 0 aromatic heterocycles. The highest BCUT2D eigenvalue weighted by Gasteiger charge is 2.09. The van der Waals surface area contributed by atoms with Crippen molar-refractivity contribution in [3.05, 3.63) is 29.3 Å². The first-order chi connectivity index (χ1) is 7.16. The van der Waals surface area contributed by atoms with E-state index in [0.717, 1.165) is 0 Å². The summed E-state index contributed by atoms with van der Waals surface area (Å²) >= 11 is 0. The number of unbranched alkanes of at least 4 members (excludes halogenated alkanes) is 1. The minimum absolute atomic E-state index is 0.104. The van der Waals surface area contributed by atoms with Crippen molar-refractivity contribution in [3.63, 3.8) is 0 Å². The molecule has 0 saturated carbocycles. The van der Waals surface area contributed by atoms with E-state index in [1.807, 2.05) is 6.07 Å². The Kier molecular flexibility index (Phi) is 4.04. The second-order valence-corrected chi connectivity index (χ2v) is 3.24. The highest BCUT2D eigenvalue weighted by atomic mass is 19.1. The van der Waals surface area contributed by atoms with Crippen LogP contribution in [-0.4, -0.2) is 6.54 Å². The van der Waals surface area contributed by atoms with Gasteiger partial charge in [0.2, 0.25) is 0 Å². The number of nitrogens with zero attached hydrogens (tertiary/aromatic N) is 1. The van der Waals surface area contributed by atoms with E-state index in [1.54, 1.807) is 6.92 Å². The van der Waals surface area contributed by atoms with Crippen LogP contribution in [0.1, 0.15) is 18.4 Å². The third-order valence-electron chi connectivity index (χ3n) is 2.05. The summed E-state index contributed by atoms with van der Waals surface area (Å²) in [6.45, 7) is 1.97. The molecule has 1 N–H and O–H groups in total. The van der Waals surface area contributed by atoms with Crippen LogP contribution in [-0.2, 0) is 0 Å². The van der Waals surface area contributed by atoms with Crippen molar-refractivity contribution in [1.82, 2.24) is 0 Å². The predicted molar refractivity (Wildman–Crippen MR) is 54.4 cm³/mol. The van der Waals surface area contributed by atoms with Crippen LogP contribution in [0.15, 0.2) is 12.1 Å². The Bertz CT molecular complexity index is 383. The number of nitriles is 1. The van der Waals surface area contributed by atoms with Crippen molar-refractivity contribution in [3.8, 4) is 6.07 Å². The summed E-state index contributed by atoms with van der Waals surface area (Å²) in [5.41, 5.74) is 0.298. The Morgan fingerprint density at radius 2 is 2.13 bits per heavy atom. The summed E-state index contributed by atoms with van der Waals surface area (Å²) in [6, 6.07) is 4.59. The summed E-state index contributed by atoms with van der Waals surface area (Å²) in [7, 11) is 0. The smallest absolute Gasteiger partial charge is 0.152 e. The number of hydrogen-bond donors (Lipinski definition) is 1. The second kappa shape index (κ2) is 5.30. The van der Waals surface area contributed by atoms with Crippen LogP contribution in [0.5, 0.6) is 0 Å². The predicted octanol–water partition coefficient (Wildman–Crippen LogP) is 2.99. The third-order valence-corrected chi connectivity index (χ3v) is 2.05. The first-order valence-electron chi connectivity index (χ1n) is 4.72. The molecule has 0 amide bonds. The lowest BCUT2D eigenvalue weighted by Gasteiger charge is -2.09. The Hall–Kier alpha value is -1.63. The zero-order chi connectivity index (χ0) is 11.3. The van der Waals surface area contributed by atoms with E-state index < -0.39 is 11.6 Å². The fourth-order valence-corrected chi connectivity index (χ4v) is 1.20. The molecule has 4 heteroatoms. The molecule has 0 radical (unpaired) electrons. The summed E-state index contributed by atoms with van der Waals surface area (Å²) in [5, 5.41) is 10.9. The summed E-state index contributed by atoms with van der Waals surface area (Å²) in [4.78, 5) is 0. The van der Waals surface area contributed by atoms with E-state index in [9.17, 15) is 8.78 Å². The Morgan fingerprint density at radius 3 is 2.80 bits per heavy atom. The normalized spacial score (nSPS) is 9.73. The van der Waals surface area contributed by atoms with Gasteiger partial charge in [0.1, 0.15) is 11.5 Å². The molecule has 0 fully saturated rings. The lowest BCUT2D eigenvalue weighted by atomic mass is 10.2. The van der Waals surface area contributed by atoms with Crippen LogP contribution in [0, 0.1) is 29.9 Å². The SMILES string of the molecule is Cc1ccc(F)c(NCCCC#N)c1F. The number of benzene rings is 1. The van der Waals surface area contributed by atoms with Gasteiger partial charge in [-0.3, -0.25) is 0 Å². The highest BCUT2D eigenvalue weighted by molar-refractivity contribution is 5.48. The molecule has 0 aliphatic heterocycles. The second-order valence-electron chi connectivity index (χ2n) is 3.24. The van der Waals surface area contributed by atoms with Crippen LogP contribution in [0.25, 0.3) is 0 Å². The van der Waals surface area contributed by atoms with Gasteiger partial charge in [-0.2, -0.15) is 5.26 Å². The monoisotopic (exact) mass is 210 g/mol. The first-order valence-corrected chi connectivity index (χ1v) is 4.72. The largest absolute Gasteiger partial charge is 0.380 e. The van der Waals surface area contributed by atoms with Crippen molar-refractivity contribution >= 4 is 5.69 Å². The molecule has 15 heavy (non-hydrogen) atoms. The molecule has 0 aliphatic rings. The molecule has 80 valence electrons.